The third kappa shape index (κ3) is 2.78. The van der Waals surface area contributed by atoms with Gasteiger partial charge in [-0.25, -0.2) is 0 Å². The van der Waals surface area contributed by atoms with Crippen molar-refractivity contribution < 1.29 is 14.6 Å². The second-order valence-corrected chi connectivity index (χ2v) is 4.23. The zero-order chi connectivity index (χ0) is 13.8. The predicted octanol–water partition coefficient (Wildman–Crippen LogP) is 1.78. The number of nitrogens with zero attached hydrogens (tertiary/aromatic N) is 4. The number of aliphatic hydroxyl groups excluding tert-OH is 1. The molecule has 100 valence electrons. The number of aliphatic hydroxyl groups is 1. The fourth-order valence-electron chi connectivity index (χ4n) is 1.89. The van der Waals surface area contributed by atoms with Crippen LogP contribution in [0.2, 0.25) is 0 Å². The number of amides is 1. The number of carbonyl (C=O) groups is 1. The zero-order valence-electron chi connectivity index (χ0n) is 10.5. The third-order valence-electron chi connectivity index (χ3n) is 3.02. The van der Waals surface area contributed by atoms with E-state index >= 15 is 0 Å². The topological polar surface area (TPSA) is 98.5 Å². The van der Waals surface area contributed by atoms with Crippen molar-refractivity contribution in [3.05, 3.63) is 34.2 Å². The first-order valence-corrected chi connectivity index (χ1v) is 5.85. The van der Waals surface area contributed by atoms with Gasteiger partial charge in [-0.1, -0.05) is 11.2 Å². The lowest BCUT2D eigenvalue weighted by Gasteiger charge is -2.26. The number of fused-ring (bicyclic) bond motifs is 1. The van der Waals surface area contributed by atoms with E-state index in [4.69, 9.17) is 10.3 Å². The third-order valence-corrected chi connectivity index (χ3v) is 3.02. The fraction of sp³-hybridized carbons (Fsp3) is 0.417. The predicted molar refractivity (Wildman–Crippen MR) is 68.9 cm³/mol. The Kier molecular flexibility index (Phi) is 3.89. The summed E-state index contributed by atoms with van der Waals surface area (Å²) in [4.78, 5) is 15.7. The summed E-state index contributed by atoms with van der Waals surface area (Å²) in [6, 6.07) is 5.18. The lowest BCUT2D eigenvalue weighted by Crippen LogP contribution is -2.35. The van der Waals surface area contributed by atoms with Gasteiger partial charge in [0, 0.05) is 18.5 Å². The monoisotopic (exact) mass is 262 g/mol. The normalized spacial score (nSPS) is 15.3. The van der Waals surface area contributed by atoms with Gasteiger partial charge in [0.15, 0.2) is 6.61 Å². The van der Waals surface area contributed by atoms with E-state index in [1.807, 2.05) is 0 Å². The largest absolute Gasteiger partial charge is 0.482 e. The van der Waals surface area contributed by atoms with Gasteiger partial charge in [0.2, 0.25) is 0 Å². The van der Waals surface area contributed by atoms with Crippen molar-refractivity contribution >= 4 is 11.6 Å². The van der Waals surface area contributed by atoms with E-state index in [1.165, 1.54) is 4.90 Å². The van der Waals surface area contributed by atoms with Gasteiger partial charge in [-0.3, -0.25) is 4.79 Å². The van der Waals surface area contributed by atoms with Gasteiger partial charge in [-0.05, 0) is 29.6 Å². The first kappa shape index (κ1) is 13.2. The van der Waals surface area contributed by atoms with Crippen LogP contribution in [0.5, 0.6) is 5.75 Å². The molecule has 0 bridgehead atoms. The molecule has 0 aromatic heterocycles. The Morgan fingerprint density at radius 3 is 3.16 bits per heavy atom. The van der Waals surface area contributed by atoms with Crippen LogP contribution in [0.15, 0.2) is 23.3 Å². The van der Waals surface area contributed by atoms with Crippen molar-refractivity contribution in [1.82, 2.24) is 0 Å². The van der Waals surface area contributed by atoms with E-state index in [0.29, 0.717) is 23.4 Å². The van der Waals surface area contributed by atoms with E-state index in [-0.39, 0.29) is 19.1 Å². The van der Waals surface area contributed by atoms with E-state index in [0.717, 1.165) is 0 Å². The summed E-state index contributed by atoms with van der Waals surface area (Å²) < 4.78 is 5.30. The Morgan fingerprint density at radius 2 is 2.42 bits per heavy atom. The molecule has 1 aromatic rings. The van der Waals surface area contributed by atoms with Crippen molar-refractivity contribution in [1.29, 1.82) is 0 Å². The molecule has 2 rings (SSSR count). The smallest absolute Gasteiger partial charge is 0.264 e. The van der Waals surface area contributed by atoms with Gasteiger partial charge in [0.05, 0.1) is 11.8 Å². The molecular formula is C12H14N4O3. The molecule has 19 heavy (non-hydrogen) atoms. The number of anilines is 1. The Hall–Kier alpha value is -2.24. The highest BCUT2D eigenvalue weighted by Crippen LogP contribution is 2.34. The Bertz CT molecular complexity index is 540. The first-order valence-electron chi connectivity index (χ1n) is 5.85. The lowest BCUT2D eigenvalue weighted by molar-refractivity contribution is -0.120. The van der Waals surface area contributed by atoms with Crippen LogP contribution in [0, 0.1) is 0 Å². The number of rotatable bonds is 4. The van der Waals surface area contributed by atoms with Crippen molar-refractivity contribution in [3.63, 3.8) is 0 Å². The van der Waals surface area contributed by atoms with Crippen LogP contribution in [0.25, 0.3) is 10.4 Å². The molecule has 0 aliphatic carbocycles. The van der Waals surface area contributed by atoms with E-state index in [1.54, 1.807) is 25.2 Å². The SMILES string of the molecule is CN1C(=O)COc2ccc(C(O)CCN=[N+]=[N-])cc21. The molecule has 0 spiro atoms. The molecule has 1 heterocycles. The van der Waals surface area contributed by atoms with Crippen LogP contribution in [0.3, 0.4) is 0 Å². The number of azide groups is 1. The van der Waals surface area contributed by atoms with Crippen molar-refractivity contribution in [2.75, 3.05) is 25.1 Å². The van der Waals surface area contributed by atoms with Gasteiger partial charge in [-0.2, -0.15) is 0 Å². The van der Waals surface area contributed by atoms with Crippen LogP contribution in [-0.2, 0) is 4.79 Å². The van der Waals surface area contributed by atoms with Gasteiger partial charge in [0.1, 0.15) is 5.75 Å². The van der Waals surface area contributed by atoms with E-state index < -0.39 is 6.10 Å². The minimum Gasteiger partial charge on any atom is -0.482 e. The molecule has 0 fully saturated rings. The summed E-state index contributed by atoms with van der Waals surface area (Å²) in [7, 11) is 1.67. The van der Waals surface area contributed by atoms with Gasteiger partial charge < -0.3 is 14.7 Å². The number of hydrogen-bond donors (Lipinski definition) is 1. The minimum atomic E-state index is -0.735. The maximum Gasteiger partial charge on any atom is 0.264 e. The molecule has 1 aromatic carbocycles. The second kappa shape index (κ2) is 5.60. The van der Waals surface area contributed by atoms with Crippen LogP contribution >= 0.6 is 0 Å². The molecule has 7 nitrogen and oxygen atoms in total. The Morgan fingerprint density at radius 1 is 1.63 bits per heavy atom. The molecule has 1 amide bonds. The van der Waals surface area contributed by atoms with Crippen LogP contribution < -0.4 is 9.64 Å². The number of carbonyl (C=O) groups excluding carboxylic acids is 1. The van der Waals surface area contributed by atoms with Crippen LogP contribution in [-0.4, -0.2) is 31.2 Å². The molecule has 1 atom stereocenters. The highest BCUT2D eigenvalue weighted by molar-refractivity contribution is 5.97. The van der Waals surface area contributed by atoms with Gasteiger partial charge >= 0.3 is 0 Å². The zero-order valence-corrected chi connectivity index (χ0v) is 10.5. The molecule has 0 saturated heterocycles. The quantitative estimate of drug-likeness (QED) is 0.508. The molecule has 1 aliphatic rings. The highest BCUT2D eigenvalue weighted by atomic mass is 16.5. The molecule has 0 saturated carbocycles. The summed E-state index contributed by atoms with van der Waals surface area (Å²) in [6.45, 7) is 0.252. The maximum absolute atomic E-state index is 11.5. The van der Waals surface area contributed by atoms with Gasteiger partial charge in [0.25, 0.3) is 5.91 Å². The Balaban J connectivity index is 2.20. The van der Waals surface area contributed by atoms with Crippen molar-refractivity contribution in [3.8, 4) is 5.75 Å². The minimum absolute atomic E-state index is 0.0300. The molecule has 1 N–H and O–H groups in total. The summed E-state index contributed by atoms with van der Waals surface area (Å²) in [5.41, 5.74) is 9.49. The second-order valence-electron chi connectivity index (χ2n) is 4.23. The summed E-state index contributed by atoms with van der Waals surface area (Å²) in [5, 5.41) is 13.4. The molecule has 0 radical (unpaired) electrons. The molecular weight excluding hydrogens is 248 g/mol. The summed E-state index contributed by atoms with van der Waals surface area (Å²) in [5.74, 6) is 0.487. The van der Waals surface area contributed by atoms with Crippen LogP contribution in [0.4, 0.5) is 5.69 Å². The standard InChI is InChI=1S/C12H14N4O3/c1-16-9-6-8(10(17)4-5-14-15-13)2-3-11(9)19-7-12(16)18/h2-3,6,10,17H,4-5,7H2,1H3. The average molecular weight is 262 g/mol. The van der Waals surface area contributed by atoms with Crippen molar-refractivity contribution in [2.24, 2.45) is 5.11 Å². The van der Waals surface area contributed by atoms with Gasteiger partial charge in [-0.15, -0.1) is 0 Å². The maximum atomic E-state index is 11.5. The Labute approximate surface area is 110 Å². The first-order chi connectivity index (χ1) is 9.13. The number of ether oxygens (including phenoxy) is 1. The average Bonchev–Trinajstić information content (AvgIpc) is 2.43. The molecule has 1 unspecified atom stereocenters. The molecule has 7 heteroatoms. The summed E-state index contributed by atoms with van der Waals surface area (Å²) in [6.07, 6.45) is -0.400. The number of hydrogen-bond acceptors (Lipinski definition) is 4. The fourth-order valence-corrected chi connectivity index (χ4v) is 1.89. The van der Waals surface area contributed by atoms with E-state index in [9.17, 15) is 9.90 Å². The number of likely N-dealkylation sites (N-methyl/N-ethyl adjacent to an activating group) is 1. The van der Waals surface area contributed by atoms with Crippen LogP contribution in [0.1, 0.15) is 18.1 Å². The van der Waals surface area contributed by atoms with E-state index in [2.05, 4.69) is 10.0 Å². The summed E-state index contributed by atoms with van der Waals surface area (Å²) >= 11 is 0. The highest BCUT2D eigenvalue weighted by Gasteiger charge is 2.23. The lowest BCUT2D eigenvalue weighted by atomic mass is 10.0. The molecule has 1 aliphatic heterocycles. The van der Waals surface area contributed by atoms with Crippen molar-refractivity contribution in [2.45, 2.75) is 12.5 Å². The number of benzene rings is 1.